The van der Waals surface area contributed by atoms with Gasteiger partial charge in [0, 0.05) is 0 Å². The molecule has 4 nitrogen and oxygen atoms in total. The molecule has 0 radical (unpaired) electrons. The maximum Gasteiger partial charge on any atom is 0.307 e. The standard InChI is InChI=1S/C12H27N2O2/c1-5-6-7-8-11-14(2,3)13-10-9-12(15)16-4/h13H,5-11H2,1-4H3/q+1. The second kappa shape index (κ2) is 8.53. The summed E-state index contributed by atoms with van der Waals surface area (Å²) in [5, 5.41) is 0. The summed E-state index contributed by atoms with van der Waals surface area (Å²) in [5.74, 6) is -0.154. The molecule has 0 aliphatic rings. The summed E-state index contributed by atoms with van der Waals surface area (Å²) in [5.41, 5.74) is 3.34. The van der Waals surface area contributed by atoms with Crippen molar-refractivity contribution in [2.45, 2.75) is 39.0 Å². The second-order valence-electron chi connectivity index (χ2n) is 4.70. The smallest absolute Gasteiger partial charge is 0.307 e. The van der Waals surface area contributed by atoms with Crippen LogP contribution in [0.5, 0.6) is 0 Å². The highest BCUT2D eigenvalue weighted by atomic mass is 16.5. The van der Waals surface area contributed by atoms with Crippen molar-refractivity contribution < 1.29 is 14.1 Å². The molecule has 0 spiro atoms. The third kappa shape index (κ3) is 8.68. The number of hydrogen-bond donors (Lipinski definition) is 1. The van der Waals surface area contributed by atoms with E-state index in [1.54, 1.807) is 0 Å². The van der Waals surface area contributed by atoms with Gasteiger partial charge >= 0.3 is 5.97 Å². The zero-order valence-electron chi connectivity index (χ0n) is 11.2. The van der Waals surface area contributed by atoms with Gasteiger partial charge in [-0.15, -0.1) is 0 Å². The summed E-state index contributed by atoms with van der Waals surface area (Å²) in [6.07, 6.45) is 5.53. The number of unbranched alkanes of at least 4 members (excludes halogenated alkanes) is 3. The third-order valence-corrected chi connectivity index (χ3v) is 2.67. The number of rotatable bonds is 9. The van der Waals surface area contributed by atoms with Gasteiger partial charge in [-0.1, -0.05) is 19.8 Å². The molecule has 0 bridgehead atoms. The molecule has 4 heteroatoms. The number of nitrogens with zero attached hydrogens (tertiary/aromatic N) is 1. The summed E-state index contributed by atoms with van der Waals surface area (Å²) in [4.78, 5) is 10.9. The Morgan fingerprint density at radius 3 is 2.50 bits per heavy atom. The van der Waals surface area contributed by atoms with Crippen LogP contribution in [0.4, 0.5) is 0 Å². The summed E-state index contributed by atoms with van der Waals surface area (Å²) in [7, 11) is 5.68. The second-order valence-corrected chi connectivity index (χ2v) is 4.70. The number of esters is 1. The van der Waals surface area contributed by atoms with E-state index in [4.69, 9.17) is 0 Å². The largest absolute Gasteiger partial charge is 0.469 e. The van der Waals surface area contributed by atoms with Gasteiger partial charge in [0.1, 0.15) is 0 Å². The van der Waals surface area contributed by atoms with Crippen LogP contribution in [0.1, 0.15) is 39.0 Å². The summed E-state index contributed by atoms with van der Waals surface area (Å²) in [6, 6.07) is 0. The zero-order valence-corrected chi connectivity index (χ0v) is 11.2. The highest BCUT2D eigenvalue weighted by Crippen LogP contribution is 2.02. The number of quaternary nitrogens is 1. The molecule has 0 aromatic rings. The lowest BCUT2D eigenvalue weighted by atomic mass is 10.2. The van der Waals surface area contributed by atoms with Crippen molar-refractivity contribution in [1.29, 1.82) is 0 Å². The normalized spacial score (nSPS) is 11.5. The highest BCUT2D eigenvalue weighted by molar-refractivity contribution is 5.69. The Labute approximate surface area is 99.5 Å². The minimum atomic E-state index is -0.154. The first-order valence-electron chi connectivity index (χ1n) is 6.16. The quantitative estimate of drug-likeness (QED) is 0.284. The van der Waals surface area contributed by atoms with Crippen molar-refractivity contribution in [1.82, 2.24) is 5.43 Å². The summed E-state index contributed by atoms with van der Waals surface area (Å²) in [6.45, 7) is 3.99. The van der Waals surface area contributed by atoms with Gasteiger partial charge in [-0.25, -0.2) is 0 Å². The van der Waals surface area contributed by atoms with E-state index < -0.39 is 0 Å². The van der Waals surface area contributed by atoms with Gasteiger partial charge in [0.25, 0.3) is 0 Å². The van der Waals surface area contributed by atoms with Gasteiger partial charge in [0.05, 0.1) is 40.7 Å². The van der Waals surface area contributed by atoms with Crippen LogP contribution in [0, 0.1) is 0 Å². The van der Waals surface area contributed by atoms with E-state index in [0.717, 1.165) is 11.1 Å². The molecule has 16 heavy (non-hydrogen) atoms. The van der Waals surface area contributed by atoms with Crippen molar-refractivity contribution >= 4 is 5.97 Å². The Balaban J connectivity index is 3.57. The number of ether oxygens (including phenoxy) is 1. The van der Waals surface area contributed by atoms with Crippen molar-refractivity contribution in [3.8, 4) is 0 Å². The van der Waals surface area contributed by atoms with E-state index in [1.807, 2.05) is 0 Å². The van der Waals surface area contributed by atoms with Gasteiger partial charge in [-0.05, 0) is 12.8 Å². The fraction of sp³-hybridized carbons (Fsp3) is 0.917. The first-order valence-corrected chi connectivity index (χ1v) is 6.16. The zero-order chi connectivity index (χ0) is 12.4. The van der Waals surface area contributed by atoms with E-state index in [9.17, 15) is 4.79 Å². The predicted octanol–water partition coefficient (Wildman–Crippen LogP) is 1.71. The molecular weight excluding hydrogens is 204 g/mol. The Kier molecular flexibility index (Phi) is 8.21. The topological polar surface area (TPSA) is 38.3 Å². The average Bonchev–Trinajstić information content (AvgIpc) is 2.24. The number of carbonyl (C=O) groups is 1. The van der Waals surface area contributed by atoms with Gasteiger partial charge in [0.15, 0.2) is 0 Å². The highest BCUT2D eigenvalue weighted by Gasteiger charge is 2.14. The average molecular weight is 231 g/mol. The van der Waals surface area contributed by atoms with Crippen LogP contribution in [-0.2, 0) is 9.53 Å². The molecule has 0 saturated heterocycles. The molecule has 0 saturated carbocycles. The van der Waals surface area contributed by atoms with E-state index in [2.05, 4.69) is 31.2 Å². The Morgan fingerprint density at radius 2 is 1.94 bits per heavy atom. The summed E-state index contributed by atoms with van der Waals surface area (Å²) >= 11 is 0. The minimum Gasteiger partial charge on any atom is -0.469 e. The fourth-order valence-corrected chi connectivity index (χ4v) is 1.58. The fourth-order valence-electron chi connectivity index (χ4n) is 1.58. The number of methoxy groups -OCH3 is 1. The molecule has 0 atom stereocenters. The van der Waals surface area contributed by atoms with E-state index in [-0.39, 0.29) is 5.97 Å². The van der Waals surface area contributed by atoms with Crippen LogP contribution in [0.2, 0.25) is 0 Å². The molecule has 0 aromatic heterocycles. The first-order chi connectivity index (χ1) is 7.52. The van der Waals surface area contributed by atoms with Crippen molar-refractivity contribution in [2.75, 3.05) is 34.3 Å². The predicted molar refractivity (Wildman–Crippen MR) is 65.8 cm³/mol. The minimum absolute atomic E-state index is 0.154. The SMILES string of the molecule is CCCCCC[N+](C)(C)NCCC(=O)OC. The van der Waals surface area contributed by atoms with Gasteiger partial charge in [-0.2, -0.15) is 5.43 Å². The first kappa shape index (κ1) is 15.4. The number of nitrogens with one attached hydrogen (secondary N) is 1. The molecule has 0 heterocycles. The lowest BCUT2D eigenvalue weighted by Crippen LogP contribution is -2.52. The summed E-state index contributed by atoms with van der Waals surface area (Å²) < 4.78 is 5.36. The molecule has 0 fully saturated rings. The van der Waals surface area contributed by atoms with E-state index in [0.29, 0.717) is 13.0 Å². The van der Waals surface area contributed by atoms with Crippen LogP contribution in [0.15, 0.2) is 0 Å². The Hall–Kier alpha value is -0.610. The van der Waals surface area contributed by atoms with Gasteiger partial charge < -0.3 is 4.74 Å². The Morgan fingerprint density at radius 1 is 1.25 bits per heavy atom. The maximum absolute atomic E-state index is 10.9. The van der Waals surface area contributed by atoms with Crippen LogP contribution in [0.3, 0.4) is 0 Å². The van der Waals surface area contributed by atoms with Crippen LogP contribution >= 0.6 is 0 Å². The molecule has 0 aliphatic carbocycles. The molecule has 0 unspecified atom stereocenters. The monoisotopic (exact) mass is 231 g/mol. The van der Waals surface area contributed by atoms with Crippen LogP contribution < -0.4 is 5.43 Å². The molecule has 0 aromatic carbocycles. The molecule has 0 amide bonds. The molecule has 0 rings (SSSR count). The lowest BCUT2D eigenvalue weighted by Gasteiger charge is -2.29. The third-order valence-electron chi connectivity index (χ3n) is 2.67. The van der Waals surface area contributed by atoms with Crippen LogP contribution in [0.25, 0.3) is 0 Å². The van der Waals surface area contributed by atoms with Crippen LogP contribution in [-0.4, -0.2) is 44.9 Å². The van der Waals surface area contributed by atoms with Crippen molar-refractivity contribution in [2.24, 2.45) is 0 Å². The number of hydrogen-bond acceptors (Lipinski definition) is 3. The number of carbonyl (C=O) groups excluding carboxylic acids is 1. The van der Waals surface area contributed by atoms with Gasteiger partial charge in [-0.3, -0.25) is 9.39 Å². The van der Waals surface area contributed by atoms with E-state index >= 15 is 0 Å². The lowest BCUT2D eigenvalue weighted by molar-refractivity contribution is -0.934. The van der Waals surface area contributed by atoms with Crippen molar-refractivity contribution in [3.63, 3.8) is 0 Å². The van der Waals surface area contributed by atoms with Gasteiger partial charge in [0.2, 0.25) is 0 Å². The molecule has 96 valence electrons. The molecular formula is C12H27N2O2+. The van der Waals surface area contributed by atoms with E-state index in [1.165, 1.54) is 32.8 Å². The molecule has 1 N–H and O–H groups in total. The Bertz CT molecular complexity index is 193. The maximum atomic E-state index is 10.9. The molecule has 0 aliphatic heterocycles. The van der Waals surface area contributed by atoms with Crippen molar-refractivity contribution in [3.05, 3.63) is 0 Å².